The topological polar surface area (TPSA) is 49.4 Å². The van der Waals surface area contributed by atoms with Gasteiger partial charge in [-0.15, -0.1) is 0 Å². The van der Waals surface area contributed by atoms with Crippen LogP contribution in [0.5, 0.6) is 0 Å². The monoisotopic (exact) mass is 356 g/mol. The van der Waals surface area contributed by atoms with Gasteiger partial charge in [-0.25, -0.2) is 4.79 Å². The van der Waals surface area contributed by atoms with Crippen molar-refractivity contribution in [2.24, 2.45) is 0 Å². The molecule has 1 heterocycles. The Balaban J connectivity index is 1.54. The van der Waals surface area contributed by atoms with E-state index in [1.165, 1.54) is 4.90 Å². The summed E-state index contributed by atoms with van der Waals surface area (Å²) in [5.41, 5.74) is 2.91. The molecule has 1 N–H and O–H groups in total. The van der Waals surface area contributed by atoms with E-state index in [9.17, 15) is 9.59 Å². The van der Waals surface area contributed by atoms with Crippen molar-refractivity contribution in [3.8, 4) is 11.1 Å². The maximum atomic E-state index is 13.0. The first-order valence-corrected chi connectivity index (χ1v) is 8.92. The number of nitrogens with zero attached hydrogens (tertiary/aromatic N) is 1. The Morgan fingerprint density at radius 3 is 1.96 bits per heavy atom. The van der Waals surface area contributed by atoms with E-state index >= 15 is 0 Å². The average molecular weight is 356 g/mol. The van der Waals surface area contributed by atoms with Gasteiger partial charge in [-0.1, -0.05) is 84.9 Å². The highest BCUT2D eigenvalue weighted by Crippen LogP contribution is 2.30. The van der Waals surface area contributed by atoms with Crippen molar-refractivity contribution in [2.75, 3.05) is 0 Å². The van der Waals surface area contributed by atoms with Crippen molar-refractivity contribution in [3.05, 3.63) is 96.1 Å². The van der Waals surface area contributed by atoms with E-state index in [2.05, 4.69) is 17.4 Å². The first-order chi connectivity index (χ1) is 13.1. The normalized spacial score (nSPS) is 19.2. The molecule has 0 bridgehead atoms. The summed E-state index contributed by atoms with van der Waals surface area (Å²) in [6, 6.07) is 27.0. The van der Waals surface area contributed by atoms with E-state index in [4.69, 9.17) is 0 Å². The fourth-order valence-corrected chi connectivity index (χ4v) is 3.42. The van der Waals surface area contributed by atoms with Crippen molar-refractivity contribution < 1.29 is 9.59 Å². The standard InChI is InChI=1S/C23H20N2O2/c1-23(20-10-6-3-7-11-20)21(26)25(22(27)24-23)16-17-12-14-19(15-13-17)18-8-4-2-5-9-18/h2-15H,16H2,1H3,(H,24,27)/t23-/m1/s1. The molecule has 1 fully saturated rings. The summed E-state index contributed by atoms with van der Waals surface area (Å²) in [5.74, 6) is -0.231. The van der Waals surface area contributed by atoms with E-state index in [0.29, 0.717) is 0 Å². The Kier molecular flexibility index (Phi) is 4.24. The van der Waals surface area contributed by atoms with Gasteiger partial charge >= 0.3 is 6.03 Å². The average Bonchev–Trinajstić information content (AvgIpc) is 2.94. The molecule has 4 nitrogen and oxygen atoms in total. The molecule has 0 saturated carbocycles. The number of rotatable bonds is 4. The molecule has 4 heteroatoms. The number of carbonyl (C=O) groups is 2. The van der Waals surface area contributed by atoms with Crippen LogP contribution in [0.2, 0.25) is 0 Å². The van der Waals surface area contributed by atoms with Gasteiger partial charge in [-0.3, -0.25) is 9.69 Å². The zero-order valence-electron chi connectivity index (χ0n) is 15.1. The summed E-state index contributed by atoms with van der Waals surface area (Å²) in [6.45, 7) is 2.00. The molecule has 0 unspecified atom stereocenters. The lowest BCUT2D eigenvalue weighted by Crippen LogP contribution is -2.40. The second-order valence-corrected chi connectivity index (χ2v) is 6.88. The maximum absolute atomic E-state index is 13.0. The molecule has 3 aromatic rings. The summed E-state index contributed by atoms with van der Waals surface area (Å²) in [5, 5.41) is 2.84. The van der Waals surface area contributed by atoms with Crippen molar-refractivity contribution in [3.63, 3.8) is 0 Å². The largest absolute Gasteiger partial charge is 0.325 e. The van der Waals surface area contributed by atoms with E-state index in [-0.39, 0.29) is 18.5 Å². The molecule has 1 atom stereocenters. The van der Waals surface area contributed by atoms with Gasteiger partial charge < -0.3 is 5.32 Å². The number of carbonyl (C=O) groups excluding carboxylic acids is 2. The molecule has 1 aliphatic heterocycles. The zero-order chi connectivity index (χ0) is 18.9. The molecule has 0 radical (unpaired) electrons. The molecule has 1 saturated heterocycles. The van der Waals surface area contributed by atoms with Crippen LogP contribution in [0.3, 0.4) is 0 Å². The molecular formula is C23H20N2O2. The quantitative estimate of drug-likeness (QED) is 0.708. The van der Waals surface area contributed by atoms with E-state index in [0.717, 1.165) is 22.3 Å². The molecule has 0 aliphatic carbocycles. The minimum Gasteiger partial charge on any atom is -0.319 e. The fourth-order valence-electron chi connectivity index (χ4n) is 3.42. The van der Waals surface area contributed by atoms with Crippen LogP contribution >= 0.6 is 0 Å². The molecule has 0 aromatic heterocycles. The Labute approximate surface area is 158 Å². The van der Waals surface area contributed by atoms with Crippen LogP contribution in [-0.4, -0.2) is 16.8 Å². The number of benzene rings is 3. The lowest BCUT2D eigenvalue weighted by Gasteiger charge is -2.22. The van der Waals surface area contributed by atoms with Crippen LogP contribution < -0.4 is 5.32 Å². The van der Waals surface area contributed by atoms with Crippen LogP contribution in [0.25, 0.3) is 11.1 Å². The molecular weight excluding hydrogens is 336 g/mol. The van der Waals surface area contributed by atoms with Crippen LogP contribution in [0.1, 0.15) is 18.1 Å². The Bertz CT molecular complexity index is 968. The number of urea groups is 1. The van der Waals surface area contributed by atoms with E-state index in [1.54, 1.807) is 6.92 Å². The summed E-state index contributed by atoms with van der Waals surface area (Å²) < 4.78 is 0. The zero-order valence-corrected chi connectivity index (χ0v) is 15.1. The van der Waals surface area contributed by atoms with Gasteiger partial charge in [-0.05, 0) is 29.2 Å². The van der Waals surface area contributed by atoms with Crippen molar-refractivity contribution in [2.45, 2.75) is 19.0 Å². The van der Waals surface area contributed by atoms with Gasteiger partial charge in [0, 0.05) is 0 Å². The van der Waals surface area contributed by atoms with Crippen LogP contribution in [0, 0.1) is 0 Å². The number of hydrogen-bond acceptors (Lipinski definition) is 2. The SMILES string of the molecule is C[C@]1(c2ccccc2)NC(=O)N(Cc2ccc(-c3ccccc3)cc2)C1=O. The number of hydrogen-bond donors (Lipinski definition) is 1. The lowest BCUT2D eigenvalue weighted by atomic mass is 9.92. The van der Waals surface area contributed by atoms with E-state index in [1.807, 2.05) is 72.8 Å². The Morgan fingerprint density at radius 2 is 1.33 bits per heavy atom. The Morgan fingerprint density at radius 1 is 0.778 bits per heavy atom. The second kappa shape index (κ2) is 6.72. The molecule has 0 spiro atoms. The van der Waals surface area contributed by atoms with Crippen LogP contribution in [-0.2, 0) is 16.9 Å². The Hall–Kier alpha value is -3.40. The van der Waals surface area contributed by atoms with Crippen molar-refractivity contribution in [1.29, 1.82) is 0 Å². The summed E-state index contributed by atoms with van der Waals surface area (Å²) in [7, 11) is 0. The first-order valence-electron chi connectivity index (χ1n) is 8.92. The van der Waals surface area contributed by atoms with Gasteiger partial charge in [0.1, 0.15) is 5.54 Å². The summed E-state index contributed by atoms with van der Waals surface area (Å²) >= 11 is 0. The summed E-state index contributed by atoms with van der Waals surface area (Å²) in [4.78, 5) is 26.7. The number of nitrogens with one attached hydrogen (secondary N) is 1. The third-order valence-corrected chi connectivity index (χ3v) is 5.03. The second-order valence-electron chi connectivity index (χ2n) is 6.88. The third kappa shape index (κ3) is 3.10. The van der Waals surface area contributed by atoms with Gasteiger partial charge in [0.25, 0.3) is 5.91 Å². The minimum absolute atomic E-state index is 0.231. The number of amides is 3. The molecule has 4 rings (SSSR count). The summed E-state index contributed by atoms with van der Waals surface area (Å²) in [6.07, 6.45) is 0. The third-order valence-electron chi connectivity index (χ3n) is 5.03. The number of imide groups is 1. The first kappa shape index (κ1) is 17.0. The highest BCUT2D eigenvalue weighted by Gasteiger charge is 2.48. The van der Waals surface area contributed by atoms with Crippen LogP contribution in [0.4, 0.5) is 4.79 Å². The molecule has 3 aromatic carbocycles. The molecule has 27 heavy (non-hydrogen) atoms. The fraction of sp³-hybridized carbons (Fsp3) is 0.130. The smallest absolute Gasteiger partial charge is 0.319 e. The van der Waals surface area contributed by atoms with Crippen molar-refractivity contribution in [1.82, 2.24) is 10.2 Å². The maximum Gasteiger partial charge on any atom is 0.325 e. The van der Waals surface area contributed by atoms with Gasteiger partial charge in [0.2, 0.25) is 0 Å². The predicted octanol–water partition coefficient (Wildman–Crippen LogP) is 4.32. The van der Waals surface area contributed by atoms with Crippen molar-refractivity contribution >= 4 is 11.9 Å². The lowest BCUT2D eigenvalue weighted by molar-refractivity contribution is -0.131. The molecule has 3 amide bonds. The minimum atomic E-state index is -1.03. The van der Waals surface area contributed by atoms with Gasteiger partial charge in [0.15, 0.2) is 0 Å². The van der Waals surface area contributed by atoms with E-state index < -0.39 is 5.54 Å². The highest BCUT2D eigenvalue weighted by atomic mass is 16.2. The van der Waals surface area contributed by atoms with Gasteiger partial charge in [-0.2, -0.15) is 0 Å². The predicted molar refractivity (Wildman–Crippen MR) is 105 cm³/mol. The van der Waals surface area contributed by atoms with Gasteiger partial charge in [0.05, 0.1) is 6.54 Å². The highest BCUT2D eigenvalue weighted by molar-refractivity contribution is 6.07. The van der Waals surface area contributed by atoms with Crippen LogP contribution in [0.15, 0.2) is 84.9 Å². The molecule has 1 aliphatic rings. The molecule has 134 valence electrons.